The van der Waals surface area contributed by atoms with E-state index >= 15 is 0 Å². The van der Waals surface area contributed by atoms with E-state index in [0.717, 1.165) is 6.07 Å². The Morgan fingerprint density at radius 2 is 2.05 bits per heavy atom. The average molecular weight is 299 g/mol. The minimum atomic E-state index is -5.23. The Morgan fingerprint density at radius 1 is 1.47 bits per heavy atom. The molecule has 0 saturated heterocycles. The molecule has 11 heteroatoms. The predicted molar refractivity (Wildman–Crippen MR) is 60.1 cm³/mol. The van der Waals surface area contributed by atoms with Crippen LogP contribution in [0.4, 0.5) is 28.9 Å². The number of alkyl halides is 3. The van der Waals surface area contributed by atoms with Crippen LogP contribution in [0.1, 0.15) is 0 Å². The summed E-state index contributed by atoms with van der Waals surface area (Å²) >= 11 is 4.38. The number of nitrogens with two attached hydrogens (primary N) is 1. The van der Waals surface area contributed by atoms with Crippen molar-refractivity contribution >= 4 is 28.7 Å². The van der Waals surface area contributed by atoms with Gasteiger partial charge < -0.3 is 15.8 Å². The number of nitro benzene ring substituents is 1. The van der Waals surface area contributed by atoms with Crippen molar-refractivity contribution in [2.45, 2.75) is 6.36 Å². The van der Waals surface area contributed by atoms with Crippen LogP contribution in [0.25, 0.3) is 0 Å². The molecular formula is C8H5F4N3O3S. The van der Waals surface area contributed by atoms with Gasteiger partial charge in [0.1, 0.15) is 0 Å². The van der Waals surface area contributed by atoms with Gasteiger partial charge in [0.2, 0.25) is 5.82 Å². The number of hydrogen-bond donors (Lipinski definition) is 2. The van der Waals surface area contributed by atoms with Crippen LogP contribution < -0.4 is 15.8 Å². The lowest BCUT2D eigenvalue weighted by atomic mass is 10.2. The molecule has 1 aromatic rings. The van der Waals surface area contributed by atoms with E-state index in [1.807, 2.05) is 5.32 Å². The monoisotopic (exact) mass is 299 g/mol. The Labute approximate surface area is 108 Å². The number of hydrogen-bond acceptors (Lipinski definition) is 4. The molecule has 1 aromatic carbocycles. The van der Waals surface area contributed by atoms with Gasteiger partial charge in [0.15, 0.2) is 10.9 Å². The molecule has 0 fully saturated rings. The quantitative estimate of drug-likeness (QED) is 0.385. The van der Waals surface area contributed by atoms with Gasteiger partial charge in [-0.15, -0.1) is 13.2 Å². The summed E-state index contributed by atoms with van der Waals surface area (Å²) in [5.74, 6) is -3.20. The molecule has 0 aliphatic carbocycles. The summed E-state index contributed by atoms with van der Waals surface area (Å²) in [5, 5.41) is 12.0. The van der Waals surface area contributed by atoms with Gasteiger partial charge in [0.05, 0.1) is 10.6 Å². The molecule has 0 heterocycles. The fraction of sp³-hybridized carbons (Fsp3) is 0.125. The van der Waals surface area contributed by atoms with Crippen molar-refractivity contribution in [3.8, 4) is 5.75 Å². The van der Waals surface area contributed by atoms with Crippen LogP contribution in [-0.4, -0.2) is 16.4 Å². The summed E-state index contributed by atoms with van der Waals surface area (Å²) in [7, 11) is 0. The Morgan fingerprint density at radius 3 is 2.47 bits per heavy atom. The van der Waals surface area contributed by atoms with Gasteiger partial charge in [-0.1, -0.05) is 0 Å². The highest BCUT2D eigenvalue weighted by Crippen LogP contribution is 2.37. The Kier molecular flexibility index (Phi) is 4.09. The average Bonchev–Trinajstić information content (AvgIpc) is 2.20. The second kappa shape index (κ2) is 5.22. The first kappa shape index (κ1) is 14.9. The first-order valence-electron chi connectivity index (χ1n) is 4.41. The number of halogens is 4. The zero-order chi connectivity index (χ0) is 14.8. The van der Waals surface area contributed by atoms with E-state index in [2.05, 4.69) is 17.0 Å². The summed E-state index contributed by atoms with van der Waals surface area (Å²) < 4.78 is 53.3. The number of rotatable bonds is 3. The van der Waals surface area contributed by atoms with Gasteiger partial charge in [0.25, 0.3) is 0 Å². The van der Waals surface area contributed by atoms with Crippen molar-refractivity contribution < 1.29 is 27.2 Å². The highest BCUT2D eigenvalue weighted by atomic mass is 32.1. The highest BCUT2D eigenvalue weighted by Gasteiger charge is 2.36. The third kappa shape index (κ3) is 3.91. The van der Waals surface area contributed by atoms with Crippen molar-refractivity contribution in [2.24, 2.45) is 5.73 Å². The number of benzene rings is 1. The first-order valence-corrected chi connectivity index (χ1v) is 4.81. The van der Waals surface area contributed by atoms with E-state index in [1.54, 1.807) is 0 Å². The molecule has 0 aromatic heterocycles. The molecule has 0 spiro atoms. The van der Waals surface area contributed by atoms with E-state index in [1.165, 1.54) is 0 Å². The lowest BCUT2D eigenvalue weighted by Crippen LogP contribution is -2.23. The normalized spacial score (nSPS) is 10.9. The van der Waals surface area contributed by atoms with Crippen LogP contribution in [-0.2, 0) is 0 Å². The maximum absolute atomic E-state index is 13.6. The number of ether oxygens (including phenoxy) is 1. The minimum Gasteiger partial charge on any atom is -0.400 e. The van der Waals surface area contributed by atoms with Crippen molar-refractivity contribution in [1.29, 1.82) is 0 Å². The van der Waals surface area contributed by atoms with Crippen LogP contribution >= 0.6 is 12.2 Å². The highest BCUT2D eigenvalue weighted by molar-refractivity contribution is 7.80. The topological polar surface area (TPSA) is 90.4 Å². The first-order chi connectivity index (χ1) is 8.61. The van der Waals surface area contributed by atoms with Gasteiger partial charge in [0, 0.05) is 6.07 Å². The lowest BCUT2D eigenvalue weighted by Gasteiger charge is -2.14. The van der Waals surface area contributed by atoms with Gasteiger partial charge in [-0.3, -0.25) is 10.1 Å². The molecule has 1 rings (SSSR count). The van der Waals surface area contributed by atoms with Crippen LogP contribution in [0.3, 0.4) is 0 Å². The smallest absolute Gasteiger partial charge is 0.400 e. The second-order valence-corrected chi connectivity index (χ2v) is 3.51. The lowest BCUT2D eigenvalue weighted by molar-refractivity contribution is -0.387. The third-order valence-corrected chi connectivity index (χ3v) is 1.85. The maximum atomic E-state index is 13.6. The molecule has 0 unspecified atom stereocenters. The molecule has 0 atom stereocenters. The van der Waals surface area contributed by atoms with E-state index in [-0.39, 0.29) is 0 Å². The molecule has 3 N–H and O–H groups in total. The standard InChI is InChI=1S/C8H5F4N3O3S/c9-5-4(15(16)17)2-1-3(14-7(13)19)6(5)18-8(10,11)12/h1-2H,(H3,13,14,19). The molecule has 19 heavy (non-hydrogen) atoms. The molecule has 0 bridgehead atoms. The molecule has 0 saturated carbocycles. The Balaban J connectivity index is 3.36. The molecule has 0 aliphatic heterocycles. The number of nitro groups is 1. The largest absolute Gasteiger partial charge is 0.573 e. The summed E-state index contributed by atoms with van der Waals surface area (Å²) in [6, 6.07) is 1.45. The van der Waals surface area contributed by atoms with Crippen LogP contribution in [0.5, 0.6) is 5.75 Å². The number of nitrogens with one attached hydrogen (secondary N) is 1. The fourth-order valence-corrected chi connectivity index (χ4v) is 1.24. The maximum Gasteiger partial charge on any atom is 0.573 e. The zero-order valence-electron chi connectivity index (χ0n) is 8.82. The molecular weight excluding hydrogens is 294 g/mol. The molecule has 104 valence electrons. The van der Waals surface area contributed by atoms with Crippen molar-refractivity contribution in [2.75, 3.05) is 5.32 Å². The minimum absolute atomic E-state index is 0.458. The van der Waals surface area contributed by atoms with Crippen molar-refractivity contribution in [3.05, 3.63) is 28.1 Å². The van der Waals surface area contributed by atoms with Gasteiger partial charge in [-0.05, 0) is 18.3 Å². The fourth-order valence-electron chi connectivity index (χ4n) is 1.13. The van der Waals surface area contributed by atoms with E-state index in [4.69, 9.17) is 5.73 Å². The summed E-state index contributed by atoms with van der Waals surface area (Å²) in [4.78, 5) is 9.24. The zero-order valence-corrected chi connectivity index (χ0v) is 9.64. The number of nitrogens with zero attached hydrogens (tertiary/aromatic N) is 1. The molecule has 0 radical (unpaired) electrons. The molecule has 0 amide bonds. The van der Waals surface area contributed by atoms with E-state index in [9.17, 15) is 27.7 Å². The molecule has 0 aliphatic rings. The van der Waals surface area contributed by atoms with Gasteiger partial charge in [-0.25, -0.2) is 0 Å². The Bertz CT molecular complexity index is 535. The summed E-state index contributed by atoms with van der Waals surface area (Å²) in [6.45, 7) is 0. The second-order valence-electron chi connectivity index (χ2n) is 3.07. The van der Waals surface area contributed by atoms with E-state index < -0.39 is 39.3 Å². The summed E-state index contributed by atoms with van der Waals surface area (Å²) in [6.07, 6.45) is -5.23. The van der Waals surface area contributed by atoms with E-state index in [0.29, 0.717) is 6.07 Å². The SMILES string of the molecule is NC(=S)Nc1ccc([N+](=O)[O-])c(F)c1OC(F)(F)F. The number of anilines is 1. The van der Waals surface area contributed by atoms with Crippen molar-refractivity contribution in [1.82, 2.24) is 0 Å². The Hall–Kier alpha value is -2.17. The van der Waals surface area contributed by atoms with Crippen LogP contribution in [0, 0.1) is 15.9 Å². The van der Waals surface area contributed by atoms with Gasteiger partial charge >= 0.3 is 12.0 Å². The van der Waals surface area contributed by atoms with Crippen molar-refractivity contribution in [3.63, 3.8) is 0 Å². The molecule has 6 nitrogen and oxygen atoms in total. The third-order valence-electron chi connectivity index (χ3n) is 1.75. The van der Waals surface area contributed by atoms with Gasteiger partial charge in [-0.2, -0.15) is 4.39 Å². The van der Waals surface area contributed by atoms with Crippen LogP contribution in [0.2, 0.25) is 0 Å². The predicted octanol–water partition coefficient (Wildman–Crippen LogP) is 2.29. The summed E-state index contributed by atoms with van der Waals surface area (Å²) in [5.41, 5.74) is 3.28. The number of thiocarbonyl (C=S) groups is 1. The van der Waals surface area contributed by atoms with Crippen LogP contribution in [0.15, 0.2) is 12.1 Å².